The highest BCUT2D eigenvalue weighted by Gasteiger charge is 2.33. The highest BCUT2D eigenvalue weighted by molar-refractivity contribution is 5.56. The lowest BCUT2D eigenvalue weighted by Gasteiger charge is -2.34. The number of nitrogens with two attached hydrogens (primary N) is 1. The maximum absolute atomic E-state index is 9.52. The Balaban J connectivity index is 1.78. The van der Waals surface area contributed by atoms with Gasteiger partial charge in [-0.3, -0.25) is 0 Å². The predicted molar refractivity (Wildman–Crippen MR) is 79.7 cm³/mol. The Bertz CT molecular complexity index is 603. The van der Waals surface area contributed by atoms with E-state index in [9.17, 15) is 5.11 Å². The molecule has 0 atom stereocenters. The normalized spacial score (nSPS) is 17.8. The van der Waals surface area contributed by atoms with Gasteiger partial charge in [0.2, 0.25) is 11.7 Å². The van der Waals surface area contributed by atoms with Crippen LogP contribution in [0.4, 0.5) is 0 Å². The van der Waals surface area contributed by atoms with Crippen LogP contribution in [0, 0.1) is 5.41 Å². The van der Waals surface area contributed by atoms with E-state index in [2.05, 4.69) is 10.1 Å². The maximum Gasteiger partial charge on any atom is 0.227 e. The van der Waals surface area contributed by atoms with E-state index in [4.69, 9.17) is 10.3 Å². The van der Waals surface area contributed by atoms with Gasteiger partial charge in [0.1, 0.15) is 5.75 Å². The second-order valence-electron chi connectivity index (χ2n) is 6.00. The van der Waals surface area contributed by atoms with Gasteiger partial charge in [-0.15, -0.1) is 0 Å². The van der Waals surface area contributed by atoms with Crippen LogP contribution < -0.4 is 5.73 Å². The SMILES string of the molecule is NCC1(Cc2nc(-c3cccc(O)c3)no2)CCCCC1. The summed E-state index contributed by atoms with van der Waals surface area (Å²) in [6, 6.07) is 6.88. The van der Waals surface area contributed by atoms with Crippen LogP contribution in [0.2, 0.25) is 0 Å². The van der Waals surface area contributed by atoms with E-state index in [1.807, 2.05) is 6.07 Å². The Morgan fingerprint density at radius 3 is 2.76 bits per heavy atom. The molecule has 2 aromatic rings. The van der Waals surface area contributed by atoms with Crippen molar-refractivity contribution in [3.05, 3.63) is 30.2 Å². The number of nitrogens with zero attached hydrogens (tertiary/aromatic N) is 2. The monoisotopic (exact) mass is 287 g/mol. The van der Waals surface area contributed by atoms with Crippen molar-refractivity contribution in [1.82, 2.24) is 10.1 Å². The first-order valence-electron chi connectivity index (χ1n) is 7.53. The summed E-state index contributed by atoms with van der Waals surface area (Å²) < 4.78 is 5.39. The molecule has 1 aliphatic rings. The van der Waals surface area contributed by atoms with E-state index in [0.29, 0.717) is 18.3 Å². The summed E-state index contributed by atoms with van der Waals surface area (Å²) in [5.74, 6) is 1.36. The van der Waals surface area contributed by atoms with Gasteiger partial charge < -0.3 is 15.4 Å². The van der Waals surface area contributed by atoms with Crippen LogP contribution in [-0.2, 0) is 6.42 Å². The molecule has 1 saturated carbocycles. The van der Waals surface area contributed by atoms with Crippen molar-refractivity contribution in [2.75, 3.05) is 6.54 Å². The molecule has 0 spiro atoms. The summed E-state index contributed by atoms with van der Waals surface area (Å²) in [5, 5.41) is 13.5. The fraction of sp³-hybridized carbons (Fsp3) is 0.500. The van der Waals surface area contributed by atoms with Crippen molar-refractivity contribution >= 4 is 0 Å². The minimum absolute atomic E-state index is 0.112. The van der Waals surface area contributed by atoms with Gasteiger partial charge >= 0.3 is 0 Å². The first-order valence-corrected chi connectivity index (χ1v) is 7.53. The second-order valence-corrected chi connectivity index (χ2v) is 6.00. The summed E-state index contributed by atoms with van der Waals surface area (Å²) in [4.78, 5) is 4.46. The molecule has 5 heteroatoms. The summed E-state index contributed by atoms with van der Waals surface area (Å²) in [7, 11) is 0. The van der Waals surface area contributed by atoms with Crippen molar-refractivity contribution in [2.45, 2.75) is 38.5 Å². The molecule has 1 heterocycles. The Kier molecular flexibility index (Phi) is 3.92. The first-order chi connectivity index (χ1) is 10.2. The molecule has 3 rings (SSSR count). The third kappa shape index (κ3) is 3.08. The fourth-order valence-corrected chi connectivity index (χ4v) is 3.16. The molecule has 1 fully saturated rings. The van der Waals surface area contributed by atoms with E-state index >= 15 is 0 Å². The standard InChI is InChI=1S/C16H21N3O2/c17-11-16(7-2-1-3-8-16)10-14-18-15(19-21-14)12-5-4-6-13(20)9-12/h4-6,9,20H,1-3,7-8,10-11,17H2. The molecule has 1 aliphatic carbocycles. The topological polar surface area (TPSA) is 85.2 Å². The number of aromatic nitrogens is 2. The lowest BCUT2D eigenvalue weighted by molar-refractivity contribution is 0.177. The number of hydrogen-bond acceptors (Lipinski definition) is 5. The summed E-state index contributed by atoms with van der Waals surface area (Å²) in [6.07, 6.45) is 6.76. The number of rotatable bonds is 4. The lowest BCUT2D eigenvalue weighted by atomic mass is 9.72. The number of benzene rings is 1. The Labute approximate surface area is 124 Å². The van der Waals surface area contributed by atoms with Crippen molar-refractivity contribution in [1.29, 1.82) is 0 Å². The molecule has 3 N–H and O–H groups in total. The molecule has 0 saturated heterocycles. The fourth-order valence-electron chi connectivity index (χ4n) is 3.16. The predicted octanol–water partition coefficient (Wildman–Crippen LogP) is 2.89. The van der Waals surface area contributed by atoms with Crippen LogP contribution in [-0.4, -0.2) is 21.8 Å². The average Bonchev–Trinajstić information content (AvgIpc) is 2.96. The van der Waals surface area contributed by atoms with Crippen molar-refractivity contribution < 1.29 is 9.63 Å². The number of phenols is 1. The zero-order valence-corrected chi connectivity index (χ0v) is 12.1. The molecule has 1 aromatic carbocycles. The molecule has 21 heavy (non-hydrogen) atoms. The van der Waals surface area contributed by atoms with Crippen LogP contribution in [0.1, 0.15) is 38.0 Å². The number of phenolic OH excluding ortho intramolecular Hbond substituents is 1. The zero-order chi connectivity index (χ0) is 14.7. The van der Waals surface area contributed by atoms with E-state index in [-0.39, 0.29) is 11.2 Å². The van der Waals surface area contributed by atoms with Crippen molar-refractivity contribution in [3.8, 4) is 17.1 Å². The van der Waals surface area contributed by atoms with E-state index < -0.39 is 0 Å². The third-order valence-electron chi connectivity index (χ3n) is 4.45. The van der Waals surface area contributed by atoms with Crippen LogP contribution in [0.25, 0.3) is 11.4 Å². The van der Waals surface area contributed by atoms with Crippen LogP contribution in [0.3, 0.4) is 0 Å². The Morgan fingerprint density at radius 1 is 1.24 bits per heavy atom. The third-order valence-corrected chi connectivity index (χ3v) is 4.45. The lowest BCUT2D eigenvalue weighted by Crippen LogP contribution is -2.35. The smallest absolute Gasteiger partial charge is 0.227 e. The van der Waals surface area contributed by atoms with Gasteiger partial charge in [-0.05, 0) is 36.9 Å². The molecule has 0 amide bonds. The van der Waals surface area contributed by atoms with E-state index in [0.717, 1.165) is 24.8 Å². The van der Waals surface area contributed by atoms with Crippen LogP contribution in [0.5, 0.6) is 5.75 Å². The van der Waals surface area contributed by atoms with E-state index in [1.54, 1.807) is 18.2 Å². The number of hydrogen-bond donors (Lipinski definition) is 2. The summed E-state index contributed by atoms with van der Waals surface area (Å²) >= 11 is 0. The minimum Gasteiger partial charge on any atom is -0.508 e. The molecular formula is C16H21N3O2. The van der Waals surface area contributed by atoms with Crippen LogP contribution >= 0.6 is 0 Å². The zero-order valence-electron chi connectivity index (χ0n) is 12.1. The summed E-state index contributed by atoms with van der Waals surface area (Å²) in [6.45, 7) is 0.664. The molecule has 1 aromatic heterocycles. The van der Waals surface area contributed by atoms with Gasteiger partial charge in [0.15, 0.2) is 0 Å². The van der Waals surface area contributed by atoms with Crippen LogP contribution in [0.15, 0.2) is 28.8 Å². The highest BCUT2D eigenvalue weighted by Crippen LogP contribution is 2.38. The Hall–Kier alpha value is -1.88. The van der Waals surface area contributed by atoms with Gasteiger partial charge in [-0.1, -0.05) is 36.6 Å². The molecular weight excluding hydrogens is 266 g/mol. The minimum atomic E-state index is 0.112. The molecule has 0 bridgehead atoms. The molecule has 0 radical (unpaired) electrons. The van der Waals surface area contributed by atoms with Gasteiger partial charge in [0, 0.05) is 12.0 Å². The molecule has 112 valence electrons. The van der Waals surface area contributed by atoms with Crippen molar-refractivity contribution in [3.63, 3.8) is 0 Å². The largest absolute Gasteiger partial charge is 0.508 e. The number of aromatic hydroxyl groups is 1. The second kappa shape index (κ2) is 5.85. The van der Waals surface area contributed by atoms with Gasteiger partial charge in [-0.2, -0.15) is 4.98 Å². The quantitative estimate of drug-likeness (QED) is 0.903. The maximum atomic E-state index is 9.52. The molecule has 5 nitrogen and oxygen atoms in total. The first kappa shape index (κ1) is 14.1. The van der Waals surface area contributed by atoms with Crippen molar-refractivity contribution in [2.24, 2.45) is 11.1 Å². The highest BCUT2D eigenvalue weighted by atomic mass is 16.5. The summed E-state index contributed by atoms with van der Waals surface area (Å²) in [5.41, 5.74) is 6.87. The Morgan fingerprint density at radius 2 is 2.05 bits per heavy atom. The van der Waals surface area contributed by atoms with E-state index in [1.165, 1.54) is 19.3 Å². The average molecular weight is 287 g/mol. The molecule has 0 aliphatic heterocycles. The molecule has 0 unspecified atom stereocenters. The van der Waals surface area contributed by atoms with Gasteiger partial charge in [0.05, 0.1) is 0 Å². The van der Waals surface area contributed by atoms with Gasteiger partial charge in [0.25, 0.3) is 0 Å². The van der Waals surface area contributed by atoms with Gasteiger partial charge in [-0.25, -0.2) is 0 Å².